The second-order valence-electron chi connectivity index (χ2n) is 4.13. The van der Waals surface area contributed by atoms with Crippen LogP contribution >= 0.6 is 15.9 Å². The minimum Gasteiger partial charge on any atom is -0.298 e. The Morgan fingerprint density at radius 1 is 1.11 bits per heavy atom. The van der Waals surface area contributed by atoms with Crippen molar-refractivity contribution in [1.82, 2.24) is 9.38 Å². The van der Waals surface area contributed by atoms with E-state index in [1.807, 2.05) is 29.7 Å². The number of aromatic nitrogens is 2. The van der Waals surface area contributed by atoms with E-state index in [0.29, 0.717) is 0 Å². The minimum absolute atomic E-state index is 0.230. The third-order valence-electron chi connectivity index (χ3n) is 2.87. The molecule has 0 amide bonds. The van der Waals surface area contributed by atoms with Crippen molar-refractivity contribution in [1.29, 1.82) is 0 Å². The first kappa shape index (κ1) is 11.4. The highest BCUT2D eigenvalue weighted by Crippen LogP contribution is 2.26. The molecule has 0 fully saturated rings. The van der Waals surface area contributed by atoms with Gasteiger partial charge in [0.1, 0.15) is 11.5 Å². The quantitative estimate of drug-likeness (QED) is 0.658. The summed E-state index contributed by atoms with van der Waals surface area (Å²) < 4.78 is 16.0. The summed E-state index contributed by atoms with van der Waals surface area (Å²) in [4.78, 5) is 4.50. The Hall–Kier alpha value is -1.68. The standard InChI is InChI=1S/C14H10BrFN2/c1-9-14(10-2-5-12(16)6-3-10)18-8-11(15)4-7-13(18)17-9/h2-8H,1H3. The smallest absolute Gasteiger partial charge is 0.137 e. The van der Waals surface area contributed by atoms with E-state index < -0.39 is 0 Å². The predicted molar refractivity (Wildman–Crippen MR) is 73.0 cm³/mol. The number of imidazole rings is 1. The summed E-state index contributed by atoms with van der Waals surface area (Å²) >= 11 is 3.45. The SMILES string of the molecule is Cc1nc2ccc(Br)cn2c1-c1ccc(F)cc1. The van der Waals surface area contributed by atoms with Crippen molar-refractivity contribution in [3.8, 4) is 11.3 Å². The van der Waals surface area contributed by atoms with Crippen molar-refractivity contribution < 1.29 is 4.39 Å². The number of hydrogen-bond acceptors (Lipinski definition) is 1. The highest BCUT2D eigenvalue weighted by molar-refractivity contribution is 9.10. The Labute approximate surface area is 112 Å². The largest absolute Gasteiger partial charge is 0.298 e. The molecule has 0 saturated heterocycles. The van der Waals surface area contributed by atoms with Gasteiger partial charge >= 0.3 is 0 Å². The minimum atomic E-state index is -0.230. The van der Waals surface area contributed by atoms with Gasteiger partial charge in [0, 0.05) is 16.2 Å². The molecule has 2 aromatic heterocycles. The molecule has 0 unspecified atom stereocenters. The molecule has 1 aromatic carbocycles. The number of fused-ring (bicyclic) bond motifs is 1. The number of rotatable bonds is 1. The summed E-state index contributed by atoms with van der Waals surface area (Å²) in [5.41, 5.74) is 3.76. The summed E-state index contributed by atoms with van der Waals surface area (Å²) in [6, 6.07) is 10.4. The maximum Gasteiger partial charge on any atom is 0.137 e. The first-order chi connectivity index (χ1) is 8.65. The molecule has 2 nitrogen and oxygen atoms in total. The Morgan fingerprint density at radius 2 is 1.83 bits per heavy atom. The van der Waals surface area contributed by atoms with E-state index in [2.05, 4.69) is 20.9 Å². The summed E-state index contributed by atoms with van der Waals surface area (Å²) in [5.74, 6) is -0.230. The average Bonchev–Trinajstić information content (AvgIpc) is 2.66. The second kappa shape index (κ2) is 4.21. The Balaban J connectivity index is 2.30. The number of benzene rings is 1. The van der Waals surface area contributed by atoms with Gasteiger partial charge in [-0.1, -0.05) is 0 Å². The molecule has 90 valence electrons. The first-order valence-electron chi connectivity index (χ1n) is 5.55. The van der Waals surface area contributed by atoms with Crippen LogP contribution < -0.4 is 0 Å². The maximum absolute atomic E-state index is 13.0. The molecule has 0 aliphatic rings. The summed E-state index contributed by atoms with van der Waals surface area (Å²) in [6.07, 6.45) is 1.97. The summed E-state index contributed by atoms with van der Waals surface area (Å²) in [6.45, 7) is 1.96. The Morgan fingerprint density at radius 3 is 2.56 bits per heavy atom. The van der Waals surface area contributed by atoms with Crippen molar-refractivity contribution in [2.45, 2.75) is 6.92 Å². The molecule has 0 aliphatic heterocycles. The molecule has 0 aliphatic carbocycles. The van der Waals surface area contributed by atoms with Crippen molar-refractivity contribution in [3.05, 3.63) is 58.6 Å². The zero-order chi connectivity index (χ0) is 12.7. The zero-order valence-corrected chi connectivity index (χ0v) is 11.3. The summed E-state index contributed by atoms with van der Waals surface area (Å²) in [7, 11) is 0. The highest BCUT2D eigenvalue weighted by Gasteiger charge is 2.10. The first-order valence-corrected chi connectivity index (χ1v) is 6.34. The lowest BCUT2D eigenvalue weighted by Gasteiger charge is -2.03. The number of pyridine rings is 1. The van der Waals surface area contributed by atoms with Crippen LogP contribution in [0.15, 0.2) is 47.1 Å². The maximum atomic E-state index is 13.0. The average molecular weight is 305 g/mol. The number of hydrogen-bond donors (Lipinski definition) is 0. The zero-order valence-electron chi connectivity index (χ0n) is 9.69. The molecule has 4 heteroatoms. The lowest BCUT2D eigenvalue weighted by Crippen LogP contribution is -1.89. The van der Waals surface area contributed by atoms with Crippen LogP contribution in [0.2, 0.25) is 0 Å². The van der Waals surface area contributed by atoms with Gasteiger partial charge in [-0.15, -0.1) is 0 Å². The van der Waals surface area contributed by atoms with E-state index in [9.17, 15) is 4.39 Å². The van der Waals surface area contributed by atoms with E-state index in [1.54, 1.807) is 12.1 Å². The van der Waals surface area contributed by atoms with Crippen molar-refractivity contribution in [3.63, 3.8) is 0 Å². The molecule has 0 atom stereocenters. The van der Waals surface area contributed by atoms with Crippen LogP contribution in [0.25, 0.3) is 16.9 Å². The number of nitrogens with zero attached hydrogens (tertiary/aromatic N) is 2. The molecule has 0 N–H and O–H groups in total. The number of aryl methyl sites for hydroxylation is 1. The van der Waals surface area contributed by atoms with Gasteiger partial charge in [-0.2, -0.15) is 0 Å². The van der Waals surface area contributed by atoms with Crippen LogP contribution in [0.1, 0.15) is 5.69 Å². The van der Waals surface area contributed by atoms with Crippen LogP contribution in [-0.4, -0.2) is 9.38 Å². The van der Waals surface area contributed by atoms with Crippen LogP contribution in [0, 0.1) is 12.7 Å². The fourth-order valence-corrected chi connectivity index (χ4v) is 2.43. The van der Waals surface area contributed by atoms with Crippen molar-refractivity contribution in [2.75, 3.05) is 0 Å². The van der Waals surface area contributed by atoms with Crippen LogP contribution in [0.5, 0.6) is 0 Å². The van der Waals surface area contributed by atoms with E-state index in [4.69, 9.17) is 0 Å². The van der Waals surface area contributed by atoms with Gasteiger partial charge in [0.2, 0.25) is 0 Å². The molecular weight excluding hydrogens is 295 g/mol. The topological polar surface area (TPSA) is 17.3 Å². The van der Waals surface area contributed by atoms with E-state index >= 15 is 0 Å². The van der Waals surface area contributed by atoms with Gasteiger partial charge in [0.15, 0.2) is 0 Å². The van der Waals surface area contributed by atoms with Crippen LogP contribution in [-0.2, 0) is 0 Å². The lowest BCUT2D eigenvalue weighted by molar-refractivity contribution is 0.628. The molecule has 3 rings (SSSR count). The lowest BCUT2D eigenvalue weighted by atomic mass is 10.1. The Kier molecular flexibility index (Phi) is 2.67. The molecule has 0 bridgehead atoms. The van der Waals surface area contributed by atoms with Crippen LogP contribution in [0.4, 0.5) is 4.39 Å². The number of halogens is 2. The van der Waals surface area contributed by atoms with Gasteiger partial charge in [0.25, 0.3) is 0 Å². The molecule has 3 aromatic rings. The van der Waals surface area contributed by atoms with E-state index in [0.717, 1.165) is 27.1 Å². The van der Waals surface area contributed by atoms with E-state index in [1.165, 1.54) is 12.1 Å². The molecule has 0 radical (unpaired) electrons. The monoisotopic (exact) mass is 304 g/mol. The fraction of sp³-hybridized carbons (Fsp3) is 0.0714. The third kappa shape index (κ3) is 1.82. The van der Waals surface area contributed by atoms with Gasteiger partial charge in [-0.05, 0) is 59.3 Å². The van der Waals surface area contributed by atoms with Crippen molar-refractivity contribution in [2.24, 2.45) is 0 Å². The Bertz CT molecular complexity index is 716. The fourth-order valence-electron chi connectivity index (χ4n) is 2.09. The van der Waals surface area contributed by atoms with Gasteiger partial charge in [0.05, 0.1) is 11.4 Å². The van der Waals surface area contributed by atoms with Crippen molar-refractivity contribution >= 4 is 21.6 Å². The molecule has 0 spiro atoms. The molecule has 2 heterocycles. The molecule has 0 saturated carbocycles. The second-order valence-corrected chi connectivity index (χ2v) is 5.04. The third-order valence-corrected chi connectivity index (χ3v) is 3.34. The highest BCUT2D eigenvalue weighted by atomic mass is 79.9. The van der Waals surface area contributed by atoms with Gasteiger partial charge in [-0.3, -0.25) is 4.40 Å². The van der Waals surface area contributed by atoms with Crippen LogP contribution in [0.3, 0.4) is 0 Å². The summed E-state index contributed by atoms with van der Waals surface area (Å²) in [5, 5.41) is 0. The van der Waals surface area contributed by atoms with Gasteiger partial charge < -0.3 is 0 Å². The molecular formula is C14H10BrFN2. The predicted octanol–water partition coefficient (Wildman–Crippen LogP) is 4.21. The normalized spacial score (nSPS) is 11.1. The van der Waals surface area contributed by atoms with E-state index in [-0.39, 0.29) is 5.82 Å². The van der Waals surface area contributed by atoms with Gasteiger partial charge in [-0.25, -0.2) is 9.37 Å². The molecule has 18 heavy (non-hydrogen) atoms.